The molecule has 3 aromatic rings. The Hall–Kier alpha value is -3.02. The molecule has 122 valence electrons. The maximum atomic E-state index is 9.46. The van der Waals surface area contributed by atoms with Crippen LogP contribution >= 0.6 is 11.6 Å². The summed E-state index contributed by atoms with van der Waals surface area (Å²) < 4.78 is 5.84. The summed E-state index contributed by atoms with van der Waals surface area (Å²) in [6.45, 7) is 0.507. The molecule has 0 bridgehead atoms. The molecule has 0 aliphatic carbocycles. The number of rotatable bonds is 5. The van der Waals surface area contributed by atoms with Gasteiger partial charge < -0.3 is 4.74 Å². The van der Waals surface area contributed by atoms with Crippen molar-refractivity contribution in [3.8, 4) is 11.8 Å². The molecule has 0 unspecified atom stereocenters. The summed E-state index contributed by atoms with van der Waals surface area (Å²) in [5.41, 5.74) is 3.37. The second kappa shape index (κ2) is 8.19. The Kier molecular flexibility index (Phi) is 5.51. The van der Waals surface area contributed by atoms with E-state index in [0.29, 0.717) is 17.2 Å². The molecule has 0 amide bonds. The minimum absolute atomic E-state index is 0.507. The van der Waals surface area contributed by atoms with Gasteiger partial charge in [-0.1, -0.05) is 66.2 Å². The fraction of sp³-hybridized carbons (Fsp3) is 0.0455. The van der Waals surface area contributed by atoms with E-state index in [1.165, 1.54) is 0 Å². The van der Waals surface area contributed by atoms with E-state index < -0.39 is 0 Å². The predicted octanol–water partition coefficient (Wildman–Crippen LogP) is 5.98. The van der Waals surface area contributed by atoms with E-state index in [2.05, 4.69) is 6.07 Å². The monoisotopic (exact) mass is 345 g/mol. The van der Waals surface area contributed by atoms with E-state index in [4.69, 9.17) is 16.3 Å². The van der Waals surface area contributed by atoms with E-state index in [1.54, 1.807) is 12.1 Å². The molecule has 0 atom stereocenters. The van der Waals surface area contributed by atoms with Crippen molar-refractivity contribution >= 4 is 23.3 Å². The molecule has 0 saturated carbocycles. The van der Waals surface area contributed by atoms with Crippen LogP contribution in [0.15, 0.2) is 78.9 Å². The molecule has 0 aliphatic heterocycles. The topological polar surface area (TPSA) is 33.0 Å². The minimum atomic E-state index is 0.507. The maximum absolute atomic E-state index is 9.46. The first kappa shape index (κ1) is 16.8. The molecule has 3 rings (SSSR count). The highest BCUT2D eigenvalue weighted by molar-refractivity contribution is 6.30. The lowest BCUT2D eigenvalue weighted by Gasteiger charge is -2.07. The maximum Gasteiger partial charge on any atom is 0.120 e. The van der Waals surface area contributed by atoms with E-state index in [0.717, 1.165) is 22.4 Å². The van der Waals surface area contributed by atoms with Crippen LogP contribution in [0.25, 0.3) is 11.6 Å². The predicted molar refractivity (Wildman–Crippen MR) is 102 cm³/mol. The Labute approximate surface area is 152 Å². The third kappa shape index (κ3) is 4.73. The van der Waals surface area contributed by atoms with Crippen molar-refractivity contribution in [3.63, 3.8) is 0 Å². The van der Waals surface area contributed by atoms with Gasteiger partial charge in [0, 0.05) is 5.02 Å². The standard InChI is InChI=1S/C22H16ClNO/c23-21-10-5-9-19(14-21)20(15-24)12-18-8-4-11-22(13-18)25-16-17-6-2-1-3-7-17/h1-14H,16H2/b20-12-. The van der Waals surface area contributed by atoms with Gasteiger partial charge in [-0.3, -0.25) is 0 Å². The summed E-state index contributed by atoms with van der Waals surface area (Å²) in [5, 5.41) is 10.1. The number of nitriles is 1. The molecule has 3 heteroatoms. The van der Waals surface area contributed by atoms with Crippen LogP contribution in [0.1, 0.15) is 16.7 Å². The summed E-state index contributed by atoms with van der Waals surface area (Å²) in [7, 11) is 0. The zero-order chi connectivity index (χ0) is 17.5. The normalized spacial score (nSPS) is 11.0. The second-order valence-corrected chi connectivity index (χ2v) is 5.96. The summed E-state index contributed by atoms with van der Waals surface area (Å²) in [6, 6.07) is 27.2. The van der Waals surface area contributed by atoms with E-state index in [-0.39, 0.29) is 0 Å². The lowest BCUT2D eigenvalue weighted by molar-refractivity contribution is 0.306. The molecule has 0 spiro atoms. The van der Waals surface area contributed by atoms with Gasteiger partial charge in [-0.25, -0.2) is 0 Å². The average molecular weight is 346 g/mol. The van der Waals surface area contributed by atoms with Crippen LogP contribution < -0.4 is 4.74 Å². The smallest absolute Gasteiger partial charge is 0.120 e. The van der Waals surface area contributed by atoms with Crippen LogP contribution in [0.5, 0.6) is 5.75 Å². The van der Waals surface area contributed by atoms with Crippen molar-refractivity contribution in [2.45, 2.75) is 6.61 Å². The third-order valence-electron chi connectivity index (χ3n) is 3.67. The molecule has 0 fully saturated rings. The quantitative estimate of drug-likeness (QED) is 0.420. The molecule has 0 saturated heterocycles. The summed E-state index contributed by atoms with van der Waals surface area (Å²) >= 11 is 6.02. The van der Waals surface area contributed by atoms with Crippen LogP contribution in [0.3, 0.4) is 0 Å². The Bertz CT molecular complexity index is 926. The van der Waals surface area contributed by atoms with Gasteiger partial charge in [0.25, 0.3) is 0 Å². The van der Waals surface area contributed by atoms with Gasteiger partial charge in [0.2, 0.25) is 0 Å². The number of halogens is 1. The van der Waals surface area contributed by atoms with Gasteiger partial charge in [0.15, 0.2) is 0 Å². The van der Waals surface area contributed by atoms with Crippen LogP contribution in [-0.4, -0.2) is 0 Å². The molecule has 0 heterocycles. The molecule has 3 aromatic carbocycles. The van der Waals surface area contributed by atoms with E-state index in [1.807, 2.05) is 72.8 Å². The first-order valence-electron chi connectivity index (χ1n) is 7.89. The molecule has 0 aliphatic rings. The second-order valence-electron chi connectivity index (χ2n) is 5.53. The molecule has 0 aromatic heterocycles. The highest BCUT2D eigenvalue weighted by Gasteiger charge is 2.03. The van der Waals surface area contributed by atoms with Crippen molar-refractivity contribution in [2.75, 3.05) is 0 Å². The Morgan fingerprint density at radius 3 is 2.52 bits per heavy atom. The highest BCUT2D eigenvalue weighted by atomic mass is 35.5. The number of ether oxygens (including phenoxy) is 1. The number of hydrogen-bond acceptors (Lipinski definition) is 2. The van der Waals surface area contributed by atoms with E-state index in [9.17, 15) is 5.26 Å². The minimum Gasteiger partial charge on any atom is -0.489 e. The lowest BCUT2D eigenvalue weighted by atomic mass is 10.0. The largest absolute Gasteiger partial charge is 0.489 e. The number of allylic oxidation sites excluding steroid dienone is 1. The fourth-order valence-corrected chi connectivity index (χ4v) is 2.63. The van der Waals surface area contributed by atoms with Crippen LogP contribution in [0, 0.1) is 11.3 Å². The summed E-state index contributed by atoms with van der Waals surface area (Å²) in [4.78, 5) is 0. The van der Waals surface area contributed by atoms with Crippen molar-refractivity contribution < 1.29 is 4.74 Å². The van der Waals surface area contributed by atoms with Crippen LogP contribution in [0.4, 0.5) is 0 Å². The fourth-order valence-electron chi connectivity index (χ4n) is 2.44. The molecule has 2 nitrogen and oxygen atoms in total. The zero-order valence-corrected chi connectivity index (χ0v) is 14.3. The van der Waals surface area contributed by atoms with Crippen LogP contribution in [-0.2, 0) is 6.61 Å². The number of benzene rings is 3. The average Bonchev–Trinajstić information content (AvgIpc) is 2.65. The Morgan fingerprint density at radius 1 is 0.960 bits per heavy atom. The SMILES string of the molecule is N#C/C(=C/c1cccc(OCc2ccccc2)c1)c1cccc(Cl)c1. The van der Waals surface area contributed by atoms with Crippen molar-refractivity contribution in [2.24, 2.45) is 0 Å². The van der Waals surface area contributed by atoms with Gasteiger partial charge in [0.05, 0.1) is 11.6 Å². The molecule has 0 radical (unpaired) electrons. The number of hydrogen-bond donors (Lipinski definition) is 0. The summed E-state index contributed by atoms with van der Waals surface area (Å²) in [5.74, 6) is 0.765. The first-order valence-corrected chi connectivity index (χ1v) is 8.27. The van der Waals surface area contributed by atoms with Crippen molar-refractivity contribution in [1.29, 1.82) is 5.26 Å². The molecular formula is C22H16ClNO. The Balaban J connectivity index is 1.79. The lowest BCUT2D eigenvalue weighted by Crippen LogP contribution is -1.95. The number of nitrogens with zero attached hydrogens (tertiary/aromatic N) is 1. The third-order valence-corrected chi connectivity index (χ3v) is 3.91. The van der Waals surface area contributed by atoms with Crippen LogP contribution in [0.2, 0.25) is 5.02 Å². The van der Waals surface area contributed by atoms with Gasteiger partial charge in [-0.05, 0) is 47.0 Å². The molecule has 25 heavy (non-hydrogen) atoms. The Morgan fingerprint density at radius 2 is 1.76 bits per heavy atom. The van der Waals surface area contributed by atoms with Gasteiger partial charge in [-0.15, -0.1) is 0 Å². The van der Waals surface area contributed by atoms with Gasteiger partial charge in [-0.2, -0.15) is 5.26 Å². The van der Waals surface area contributed by atoms with Crippen molar-refractivity contribution in [3.05, 3.63) is 101 Å². The van der Waals surface area contributed by atoms with E-state index >= 15 is 0 Å². The van der Waals surface area contributed by atoms with Gasteiger partial charge >= 0.3 is 0 Å². The molecular weight excluding hydrogens is 330 g/mol. The van der Waals surface area contributed by atoms with Gasteiger partial charge in [0.1, 0.15) is 12.4 Å². The zero-order valence-electron chi connectivity index (χ0n) is 13.5. The summed E-state index contributed by atoms with van der Waals surface area (Å²) in [6.07, 6.45) is 1.83. The van der Waals surface area contributed by atoms with Crippen molar-refractivity contribution in [1.82, 2.24) is 0 Å². The first-order chi connectivity index (χ1) is 12.2. The molecule has 0 N–H and O–H groups in total. The highest BCUT2D eigenvalue weighted by Crippen LogP contribution is 2.23.